The molecule has 314 valence electrons. The van der Waals surface area contributed by atoms with Gasteiger partial charge in [0.15, 0.2) is 0 Å². The van der Waals surface area contributed by atoms with Crippen molar-refractivity contribution in [3.05, 3.63) is 35.4 Å². The van der Waals surface area contributed by atoms with Crippen LogP contribution in [-0.2, 0) is 9.47 Å². The van der Waals surface area contributed by atoms with Crippen molar-refractivity contribution in [1.82, 2.24) is 9.80 Å². The molecule has 1 aromatic rings. The molecule has 0 unspecified atom stereocenters. The van der Waals surface area contributed by atoms with Gasteiger partial charge in [-0.15, -0.1) is 0 Å². The molecular weight excluding hydrogens is 669 g/mol. The Balaban J connectivity index is 2.10. The number of rotatable bonds is 40. The van der Waals surface area contributed by atoms with Gasteiger partial charge in [-0.3, -0.25) is 0 Å². The highest BCUT2D eigenvalue weighted by Crippen LogP contribution is 2.15. The molecule has 0 radical (unpaired) electrons. The molecule has 0 fully saturated rings. The molecule has 0 N–H and O–H groups in total. The summed E-state index contributed by atoms with van der Waals surface area (Å²) < 4.78 is 11.1. The zero-order valence-electron chi connectivity index (χ0n) is 36.3. The number of nitrogens with zero attached hydrogens (tertiary/aromatic N) is 2. The number of benzene rings is 1. The van der Waals surface area contributed by atoms with E-state index in [9.17, 15) is 9.59 Å². The molecule has 0 aromatic heterocycles. The number of carbonyl (C=O) groups excluding carboxylic acids is 2. The molecule has 0 saturated heterocycles. The fourth-order valence-corrected chi connectivity index (χ4v) is 7.35. The quantitative estimate of drug-likeness (QED) is 0.0491. The van der Waals surface area contributed by atoms with Crippen LogP contribution in [0.1, 0.15) is 228 Å². The fraction of sp³-hybridized carbons (Fsp3) is 0.833. The minimum absolute atomic E-state index is 0.374. The van der Waals surface area contributed by atoms with Crippen molar-refractivity contribution < 1.29 is 19.1 Å². The largest absolute Gasteiger partial charge is 0.462 e. The van der Waals surface area contributed by atoms with E-state index in [-0.39, 0.29) is 11.9 Å². The predicted octanol–water partition coefficient (Wildman–Crippen LogP) is 13.6. The third-order valence-electron chi connectivity index (χ3n) is 11.1. The van der Waals surface area contributed by atoms with Gasteiger partial charge in [0.1, 0.15) is 0 Å². The summed E-state index contributed by atoms with van der Waals surface area (Å²) in [6.45, 7) is 16.4. The van der Waals surface area contributed by atoms with E-state index in [1.54, 1.807) is 24.3 Å². The van der Waals surface area contributed by atoms with Crippen LogP contribution in [0.4, 0.5) is 0 Å². The molecule has 6 heteroatoms. The van der Waals surface area contributed by atoms with Crippen molar-refractivity contribution in [2.75, 3.05) is 52.5 Å². The Morgan fingerprint density at radius 1 is 0.407 bits per heavy atom. The third kappa shape index (κ3) is 29.4. The van der Waals surface area contributed by atoms with Crippen molar-refractivity contribution in [3.8, 4) is 0 Å². The highest BCUT2D eigenvalue weighted by molar-refractivity contribution is 5.95. The smallest absolute Gasteiger partial charge is 0.338 e. The lowest BCUT2D eigenvalue weighted by Crippen LogP contribution is -2.26. The first-order valence-corrected chi connectivity index (χ1v) is 23.4. The van der Waals surface area contributed by atoms with E-state index in [0.717, 1.165) is 65.0 Å². The minimum atomic E-state index is -0.374. The molecule has 6 nitrogen and oxygen atoms in total. The van der Waals surface area contributed by atoms with E-state index in [1.807, 2.05) is 0 Å². The van der Waals surface area contributed by atoms with E-state index in [0.29, 0.717) is 24.3 Å². The van der Waals surface area contributed by atoms with Crippen LogP contribution in [-0.4, -0.2) is 74.2 Å². The fourth-order valence-electron chi connectivity index (χ4n) is 7.35. The van der Waals surface area contributed by atoms with Crippen LogP contribution < -0.4 is 0 Å². The zero-order chi connectivity index (χ0) is 39.2. The summed E-state index contributed by atoms with van der Waals surface area (Å²) in [7, 11) is 0. The first kappa shape index (κ1) is 50.1. The second-order valence-electron chi connectivity index (χ2n) is 15.9. The normalized spacial score (nSPS) is 11.5. The first-order valence-electron chi connectivity index (χ1n) is 23.4. The molecule has 0 bridgehead atoms. The maximum Gasteiger partial charge on any atom is 0.338 e. The molecule has 0 amide bonds. The van der Waals surface area contributed by atoms with Crippen LogP contribution in [0.25, 0.3) is 0 Å². The Labute approximate surface area is 335 Å². The monoisotopic (exact) mass is 757 g/mol. The lowest BCUT2D eigenvalue weighted by Gasteiger charge is -2.20. The second-order valence-corrected chi connectivity index (χ2v) is 15.9. The highest BCUT2D eigenvalue weighted by atomic mass is 16.5. The van der Waals surface area contributed by atoms with Gasteiger partial charge in [-0.1, -0.05) is 175 Å². The van der Waals surface area contributed by atoms with Gasteiger partial charge < -0.3 is 19.3 Å². The molecular formula is C48H88N2O4. The summed E-state index contributed by atoms with van der Waals surface area (Å²) in [5, 5.41) is 0. The molecule has 0 aliphatic rings. The molecule has 0 spiro atoms. The number of unbranched alkanes of at least 4 members (excludes halogenated alkanes) is 24. The summed E-state index contributed by atoms with van der Waals surface area (Å²) in [4.78, 5) is 30.5. The molecule has 0 aliphatic heterocycles. The Morgan fingerprint density at radius 2 is 0.685 bits per heavy atom. The Hall–Kier alpha value is -1.92. The topological polar surface area (TPSA) is 59.1 Å². The van der Waals surface area contributed by atoms with E-state index >= 15 is 0 Å². The van der Waals surface area contributed by atoms with Crippen molar-refractivity contribution in [1.29, 1.82) is 0 Å². The average Bonchev–Trinajstić information content (AvgIpc) is 3.19. The zero-order valence-corrected chi connectivity index (χ0v) is 36.3. The van der Waals surface area contributed by atoms with Crippen LogP contribution >= 0.6 is 0 Å². The van der Waals surface area contributed by atoms with Gasteiger partial charge in [0, 0.05) is 0 Å². The van der Waals surface area contributed by atoms with Crippen molar-refractivity contribution >= 4 is 11.9 Å². The van der Waals surface area contributed by atoms with E-state index in [4.69, 9.17) is 9.47 Å². The molecule has 0 saturated carbocycles. The van der Waals surface area contributed by atoms with Gasteiger partial charge in [0.2, 0.25) is 0 Å². The molecule has 0 heterocycles. The second kappa shape index (κ2) is 38.0. The number of carbonyl (C=O) groups is 2. The van der Waals surface area contributed by atoms with E-state index in [2.05, 4.69) is 37.5 Å². The summed E-state index contributed by atoms with van der Waals surface area (Å²) in [6.07, 6.45) is 36.9. The number of hydrogen-bond acceptors (Lipinski definition) is 6. The van der Waals surface area contributed by atoms with Gasteiger partial charge in [0.25, 0.3) is 0 Å². The number of esters is 2. The number of ether oxygens (including phenoxy) is 2. The first-order chi connectivity index (χ1) is 26.5. The number of hydrogen-bond donors (Lipinski definition) is 0. The van der Waals surface area contributed by atoms with Crippen LogP contribution in [0.2, 0.25) is 0 Å². The van der Waals surface area contributed by atoms with Crippen LogP contribution in [0, 0.1) is 0 Å². The van der Waals surface area contributed by atoms with Crippen LogP contribution in [0.3, 0.4) is 0 Å². The molecule has 1 rings (SSSR count). The highest BCUT2D eigenvalue weighted by Gasteiger charge is 2.13. The maximum absolute atomic E-state index is 12.7. The van der Waals surface area contributed by atoms with Gasteiger partial charge in [0.05, 0.1) is 24.3 Å². The third-order valence-corrected chi connectivity index (χ3v) is 11.1. The van der Waals surface area contributed by atoms with E-state index in [1.165, 1.54) is 154 Å². The van der Waals surface area contributed by atoms with E-state index < -0.39 is 0 Å². The summed E-state index contributed by atoms with van der Waals surface area (Å²) in [5.74, 6) is -0.748. The molecule has 0 atom stereocenters. The van der Waals surface area contributed by atoms with Gasteiger partial charge in [-0.25, -0.2) is 9.59 Å². The Morgan fingerprint density at radius 3 is 0.981 bits per heavy atom. The van der Waals surface area contributed by atoms with Gasteiger partial charge >= 0.3 is 11.9 Å². The standard InChI is InChI=1S/C48H88N2O4/c1-5-9-11-13-15-17-19-21-23-25-27-29-38-49(7-3)40-31-33-42-53-47(51)45-36-35-37-46(44-45)48(52)54-43-34-32-41-50(8-4)39-30-28-26-24-22-20-18-16-14-12-10-6-2/h35-37,44H,5-34,38-43H2,1-4H3. The summed E-state index contributed by atoms with van der Waals surface area (Å²) in [5.41, 5.74) is 0.811. The lowest BCUT2D eigenvalue weighted by molar-refractivity contribution is 0.0493. The van der Waals surface area contributed by atoms with Gasteiger partial charge in [-0.05, 0) is 96.0 Å². The van der Waals surface area contributed by atoms with Crippen LogP contribution in [0.15, 0.2) is 24.3 Å². The van der Waals surface area contributed by atoms with Crippen molar-refractivity contribution in [2.45, 2.75) is 207 Å². The predicted molar refractivity (Wildman–Crippen MR) is 232 cm³/mol. The Bertz CT molecular complexity index is 912. The van der Waals surface area contributed by atoms with Gasteiger partial charge in [-0.2, -0.15) is 0 Å². The van der Waals surface area contributed by atoms with Crippen LogP contribution in [0.5, 0.6) is 0 Å². The molecule has 54 heavy (non-hydrogen) atoms. The molecule has 1 aromatic carbocycles. The SMILES string of the molecule is CCCCCCCCCCCCCCN(CC)CCCCOC(=O)c1cccc(C(=O)OCCCCN(CC)CCCCCCCCCCCCCC)c1. The summed E-state index contributed by atoms with van der Waals surface area (Å²) >= 11 is 0. The van der Waals surface area contributed by atoms with Crippen molar-refractivity contribution in [2.24, 2.45) is 0 Å². The maximum atomic E-state index is 12.7. The Kier molecular flexibility index (Phi) is 35.2. The minimum Gasteiger partial charge on any atom is -0.462 e. The molecule has 0 aliphatic carbocycles. The van der Waals surface area contributed by atoms with Crippen molar-refractivity contribution in [3.63, 3.8) is 0 Å². The average molecular weight is 757 g/mol. The summed E-state index contributed by atoms with van der Waals surface area (Å²) in [6, 6.07) is 6.76. The lowest BCUT2D eigenvalue weighted by atomic mass is 10.1.